The van der Waals surface area contributed by atoms with Crippen LogP contribution in [-0.4, -0.2) is 23.0 Å². The monoisotopic (exact) mass is 373 g/mol. The predicted octanol–water partition coefficient (Wildman–Crippen LogP) is 3.04. The Hall–Kier alpha value is -2.90. The molecule has 3 aromatic rings. The van der Waals surface area contributed by atoms with E-state index in [1.807, 2.05) is 30.3 Å². The first-order valence-electron chi connectivity index (χ1n) is 8.00. The van der Waals surface area contributed by atoms with Gasteiger partial charge in [-0.3, -0.25) is 9.84 Å². The summed E-state index contributed by atoms with van der Waals surface area (Å²) in [6.07, 6.45) is 2.12. The molecule has 3 N–H and O–H groups in total. The minimum atomic E-state index is -0.473. The lowest BCUT2D eigenvalue weighted by Crippen LogP contribution is -2.43. The number of nitrogens with one attached hydrogen (secondary N) is 2. The van der Waals surface area contributed by atoms with E-state index in [4.69, 9.17) is 16.1 Å². The largest absolute Gasteiger partial charge is 0.389 e. The molecule has 0 aliphatic rings. The molecule has 1 aromatic heterocycles. The Kier molecular flexibility index (Phi) is 5.83. The normalized spacial score (nSPS) is 11.8. The maximum absolute atomic E-state index is 12.0. The number of amides is 2. The van der Waals surface area contributed by atoms with Crippen molar-refractivity contribution in [3.05, 3.63) is 71.4 Å². The van der Waals surface area contributed by atoms with Gasteiger partial charge in [-0.1, -0.05) is 41.9 Å². The minimum absolute atomic E-state index is 0.109. The fraction of sp³-hybridized carbons (Fsp3) is 0.167. The van der Waals surface area contributed by atoms with E-state index >= 15 is 0 Å². The third-order valence-electron chi connectivity index (χ3n) is 3.72. The Morgan fingerprint density at radius 3 is 2.58 bits per heavy atom. The number of benzene rings is 2. The lowest BCUT2D eigenvalue weighted by molar-refractivity contribution is -0.786. The summed E-state index contributed by atoms with van der Waals surface area (Å²) in [5, 5.41) is 19.3. The smallest absolute Gasteiger partial charge is 0.326 e. The number of carbonyl (C=O) groups excluding carboxylic acids is 1. The van der Waals surface area contributed by atoms with Crippen molar-refractivity contribution in [2.24, 2.45) is 0 Å². The van der Waals surface area contributed by atoms with E-state index in [2.05, 4.69) is 15.9 Å². The van der Waals surface area contributed by atoms with E-state index < -0.39 is 6.03 Å². The molecule has 134 valence electrons. The molecule has 0 aliphatic heterocycles. The average Bonchev–Trinajstić information content (AvgIpc) is 3.10. The van der Waals surface area contributed by atoms with Crippen molar-refractivity contribution in [1.29, 1.82) is 0 Å². The number of anilines is 2. The van der Waals surface area contributed by atoms with E-state index in [1.165, 1.54) is 10.9 Å². The van der Waals surface area contributed by atoms with Gasteiger partial charge in [0.15, 0.2) is 0 Å². The highest BCUT2D eigenvalue weighted by atomic mass is 35.5. The molecule has 0 aliphatic carbocycles. The van der Waals surface area contributed by atoms with Crippen molar-refractivity contribution < 1.29 is 19.1 Å². The summed E-state index contributed by atoms with van der Waals surface area (Å²) in [5.41, 5.74) is 1.66. The first-order chi connectivity index (χ1) is 12.6. The third-order valence-corrected chi connectivity index (χ3v) is 3.97. The van der Waals surface area contributed by atoms with E-state index in [9.17, 15) is 9.90 Å². The van der Waals surface area contributed by atoms with Crippen LogP contribution < -0.4 is 15.3 Å². The first-order valence-corrected chi connectivity index (χ1v) is 8.38. The molecule has 0 saturated heterocycles. The number of urea groups is 1. The zero-order chi connectivity index (χ0) is 18.4. The number of aliphatic hydroxyl groups excluding tert-OH is 1. The third kappa shape index (κ3) is 4.81. The van der Waals surface area contributed by atoms with Crippen molar-refractivity contribution in [3.63, 3.8) is 0 Å². The molecule has 0 spiro atoms. The van der Waals surface area contributed by atoms with Gasteiger partial charge in [-0.25, -0.2) is 4.79 Å². The molecule has 2 aromatic carbocycles. The fourth-order valence-corrected chi connectivity index (χ4v) is 2.55. The highest BCUT2D eigenvalue weighted by Gasteiger charge is 2.24. The van der Waals surface area contributed by atoms with E-state index in [0.29, 0.717) is 17.1 Å². The maximum atomic E-state index is 12.0. The van der Waals surface area contributed by atoms with Crippen LogP contribution in [0.4, 0.5) is 16.4 Å². The highest BCUT2D eigenvalue weighted by Crippen LogP contribution is 2.14. The van der Waals surface area contributed by atoms with Crippen LogP contribution in [0.3, 0.4) is 0 Å². The molecule has 1 heterocycles. The molecular weight excluding hydrogens is 356 g/mol. The molecular formula is C18H18ClN4O3+. The average molecular weight is 374 g/mol. The van der Waals surface area contributed by atoms with Crippen molar-refractivity contribution in [3.8, 4) is 0 Å². The van der Waals surface area contributed by atoms with Crippen LogP contribution in [0.25, 0.3) is 0 Å². The second-order valence-electron chi connectivity index (χ2n) is 5.66. The summed E-state index contributed by atoms with van der Waals surface area (Å²) in [5.74, 6) is 0.169. The number of nitrogens with zero attached hydrogens (tertiary/aromatic N) is 2. The second-order valence-corrected chi connectivity index (χ2v) is 6.09. The van der Waals surface area contributed by atoms with Crippen molar-refractivity contribution in [2.75, 3.05) is 17.2 Å². The maximum Gasteiger partial charge on any atom is 0.326 e. The number of hydrogen-bond acceptors (Lipinski definition) is 4. The van der Waals surface area contributed by atoms with Gasteiger partial charge in [0.05, 0.1) is 0 Å². The zero-order valence-electron chi connectivity index (χ0n) is 13.8. The van der Waals surface area contributed by atoms with Crippen LogP contribution in [0.15, 0.2) is 65.3 Å². The fourth-order valence-electron chi connectivity index (χ4n) is 2.42. The topological polar surface area (TPSA) is 91.3 Å². The molecule has 26 heavy (non-hydrogen) atoms. The summed E-state index contributed by atoms with van der Waals surface area (Å²) in [7, 11) is 0. The van der Waals surface area contributed by atoms with Crippen LogP contribution in [0.2, 0.25) is 5.02 Å². The summed E-state index contributed by atoms with van der Waals surface area (Å²) >= 11 is 5.81. The van der Waals surface area contributed by atoms with E-state index in [1.54, 1.807) is 24.3 Å². The zero-order valence-corrected chi connectivity index (χ0v) is 14.6. The Bertz CT molecular complexity index is 852. The Labute approximate surface area is 155 Å². The minimum Gasteiger partial charge on any atom is -0.389 e. The number of aliphatic hydroxyl groups is 1. The van der Waals surface area contributed by atoms with Crippen LogP contribution in [0.1, 0.15) is 11.6 Å². The first kappa shape index (κ1) is 17.9. The summed E-state index contributed by atoms with van der Waals surface area (Å²) < 4.78 is 6.61. The van der Waals surface area contributed by atoms with Gasteiger partial charge in [0.25, 0.3) is 6.20 Å². The molecule has 0 bridgehead atoms. The van der Waals surface area contributed by atoms with E-state index in [-0.39, 0.29) is 18.5 Å². The van der Waals surface area contributed by atoms with Crippen molar-refractivity contribution in [1.82, 2.24) is 5.27 Å². The highest BCUT2D eigenvalue weighted by molar-refractivity contribution is 6.30. The Morgan fingerprint density at radius 1 is 1.15 bits per heavy atom. The molecule has 2 amide bonds. The van der Waals surface area contributed by atoms with Gasteiger partial charge >= 0.3 is 11.9 Å². The molecule has 0 fully saturated rings. The number of rotatable bonds is 6. The van der Waals surface area contributed by atoms with Crippen molar-refractivity contribution >= 4 is 29.2 Å². The van der Waals surface area contributed by atoms with Gasteiger partial charge in [0, 0.05) is 17.1 Å². The lowest BCUT2D eigenvalue weighted by atomic mass is 10.1. The summed E-state index contributed by atoms with van der Waals surface area (Å²) in [6, 6.07) is 15.7. The standard InChI is InChI=1S/C18H17ClN4O3/c19-14-6-8-15(9-7-14)20-18(25)21-17-11-23(22-26-17)16(12-24)10-13-4-2-1-3-5-13/h1-9,11,16,24H,10,12H2,(H-,20,21,22,25)/p+1. The number of carbonyl (C=O) groups is 1. The quantitative estimate of drug-likeness (QED) is 0.579. The van der Waals surface area contributed by atoms with Crippen molar-refractivity contribution in [2.45, 2.75) is 12.5 Å². The number of aromatic nitrogens is 2. The molecule has 8 heteroatoms. The summed E-state index contributed by atoms with van der Waals surface area (Å²) in [4.78, 5) is 12.0. The van der Waals surface area contributed by atoms with Gasteiger partial charge in [-0.15, -0.1) is 0 Å². The number of hydrogen-bond donors (Lipinski definition) is 3. The van der Waals surface area contributed by atoms with E-state index in [0.717, 1.165) is 5.56 Å². The molecule has 0 saturated carbocycles. The Morgan fingerprint density at radius 2 is 1.88 bits per heavy atom. The van der Waals surface area contributed by atoms with Crippen LogP contribution in [-0.2, 0) is 6.42 Å². The van der Waals surface area contributed by atoms with Gasteiger partial charge in [-0.05, 0) is 34.5 Å². The SMILES string of the molecule is O=C(Nc1ccc(Cl)cc1)Nc1c[n+](C(CO)Cc2ccccc2)no1. The molecule has 1 unspecified atom stereocenters. The molecule has 3 rings (SSSR count). The van der Waals surface area contributed by atoms with Gasteiger partial charge < -0.3 is 10.4 Å². The lowest BCUT2D eigenvalue weighted by Gasteiger charge is -2.05. The van der Waals surface area contributed by atoms with Crippen LogP contribution in [0, 0.1) is 0 Å². The van der Waals surface area contributed by atoms with Gasteiger partial charge in [0.1, 0.15) is 6.61 Å². The van der Waals surface area contributed by atoms with Gasteiger partial charge in [-0.2, -0.15) is 0 Å². The van der Waals surface area contributed by atoms with Gasteiger partial charge in [0.2, 0.25) is 11.3 Å². The predicted molar refractivity (Wildman–Crippen MR) is 97.1 cm³/mol. The van der Waals surface area contributed by atoms with Crippen LogP contribution in [0.5, 0.6) is 0 Å². The molecule has 7 nitrogen and oxygen atoms in total. The number of halogens is 1. The van der Waals surface area contributed by atoms with Crippen LogP contribution >= 0.6 is 11.6 Å². The second kappa shape index (κ2) is 8.46. The molecule has 1 atom stereocenters. The Balaban J connectivity index is 1.61. The molecule has 0 radical (unpaired) electrons. The summed E-state index contributed by atoms with van der Waals surface area (Å²) in [6.45, 7) is -0.109.